The van der Waals surface area contributed by atoms with E-state index in [0.717, 1.165) is 24.8 Å². The fourth-order valence-corrected chi connectivity index (χ4v) is 2.68. The highest BCUT2D eigenvalue weighted by Crippen LogP contribution is 2.24. The van der Waals surface area contributed by atoms with Crippen LogP contribution < -0.4 is 5.32 Å². The Morgan fingerprint density at radius 2 is 1.52 bits per heavy atom. The van der Waals surface area contributed by atoms with Crippen LogP contribution in [0.4, 0.5) is 4.39 Å². The van der Waals surface area contributed by atoms with Crippen LogP contribution in [0, 0.1) is 5.82 Å². The molecule has 0 bridgehead atoms. The number of nitrogens with one attached hydrogen (secondary N) is 1. The molecule has 0 saturated heterocycles. The Labute approximate surface area is 127 Å². The zero-order valence-corrected chi connectivity index (χ0v) is 12.9. The summed E-state index contributed by atoms with van der Waals surface area (Å²) in [7, 11) is 0. The van der Waals surface area contributed by atoms with Crippen molar-refractivity contribution in [2.45, 2.75) is 45.2 Å². The second-order valence-corrected chi connectivity index (χ2v) is 5.46. The molecular weight excluding hydrogens is 261 g/mol. The molecule has 2 aromatic carbocycles. The summed E-state index contributed by atoms with van der Waals surface area (Å²) in [6.07, 6.45) is 3.41. The van der Waals surface area contributed by atoms with Crippen molar-refractivity contribution < 1.29 is 4.39 Å². The average molecular weight is 285 g/mol. The first-order valence-corrected chi connectivity index (χ1v) is 7.81. The molecule has 0 radical (unpaired) electrons. The van der Waals surface area contributed by atoms with Gasteiger partial charge in [-0.1, -0.05) is 62.7 Å². The number of benzene rings is 2. The van der Waals surface area contributed by atoms with Crippen molar-refractivity contribution in [2.24, 2.45) is 0 Å². The molecule has 0 saturated carbocycles. The van der Waals surface area contributed by atoms with Crippen LogP contribution in [0.5, 0.6) is 0 Å². The highest BCUT2D eigenvalue weighted by molar-refractivity contribution is 5.32. The maximum absolute atomic E-state index is 13.2. The second-order valence-electron chi connectivity index (χ2n) is 5.46. The molecule has 0 aliphatic carbocycles. The molecule has 0 aromatic heterocycles. The molecule has 1 N–H and O–H groups in total. The minimum absolute atomic E-state index is 0.114. The lowest BCUT2D eigenvalue weighted by Gasteiger charge is -2.26. The summed E-state index contributed by atoms with van der Waals surface area (Å²) in [5, 5.41) is 3.73. The molecule has 0 aliphatic heterocycles. The number of hydrogen-bond donors (Lipinski definition) is 1. The fraction of sp³-hybridized carbons (Fsp3) is 0.368. The van der Waals surface area contributed by atoms with Crippen molar-refractivity contribution in [1.82, 2.24) is 5.32 Å². The van der Waals surface area contributed by atoms with Crippen molar-refractivity contribution in [1.29, 1.82) is 0 Å². The first kappa shape index (κ1) is 15.7. The van der Waals surface area contributed by atoms with E-state index in [1.165, 1.54) is 17.7 Å². The minimum Gasteiger partial charge on any atom is -0.303 e. The first-order valence-electron chi connectivity index (χ1n) is 7.81. The summed E-state index contributed by atoms with van der Waals surface area (Å²) in [5.74, 6) is -0.189. The van der Waals surface area contributed by atoms with Crippen LogP contribution in [0.25, 0.3) is 0 Å². The van der Waals surface area contributed by atoms with Gasteiger partial charge in [-0.05, 0) is 36.1 Å². The lowest BCUT2D eigenvalue weighted by atomic mass is 9.96. The van der Waals surface area contributed by atoms with E-state index in [1.807, 2.05) is 30.3 Å². The van der Waals surface area contributed by atoms with Crippen molar-refractivity contribution in [2.75, 3.05) is 0 Å². The summed E-state index contributed by atoms with van der Waals surface area (Å²) in [6.45, 7) is 4.42. The predicted molar refractivity (Wildman–Crippen MR) is 86.8 cm³/mol. The molecule has 2 aromatic rings. The second kappa shape index (κ2) is 7.94. The maximum Gasteiger partial charge on any atom is 0.123 e. The van der Waals surface area contributed by atoms with E-state index >= 15 is 0 Å². The van der Waals surface area contributed by atoms with Gasteiger partial charge in [0, 0.05) is 6.04 Å². The highest BCUT2D eigenvalue weighted by Gasteiger charge is 2.17. The molecule has 0 spiro atoms. The smallest absolute Gasteiger partial charge is 0.123 e. The Hall–Kier alpha value is -1.67. The number of rotatable bonds is 7. The summed E-state index contributed by atoms with van der Waals surface area (Å²) in [6, 6.07) is 17.8. The molecule has 21 heavy (non-hydrogen) atoms. The number of halogens is 1. The van der Waals surface area contributed by atoms with Gasteiger partial charge < -0.3 is 5.32 Å². The third kappa shape index (κ3) is 4.40. The van der Waals surface area contributed by atoms with Crippen molar-refractivity contribution >= 4 is 0 Å². The fourth-order valence-electron chi connectivity index (χ4n) is 2.68. The van der Waals surface area contributed by atoms with E-state index in [-0.39, 0.29) is 11.9 Å². The zero-order chi connectivity index (χ0) is 15.1. The molecule has 0 aliphatic rings. The van der Waals surface area contributed by atoms with Gasteiger partial charge in [-0.3, -0.25) is 0 Å². The molecule has 2 heteroatoms. The summed E-state index contributed by atoms with van der Waals surface area (Å²) < 4.78 is 13.2. The topological polar surface area (TPSA) is 12.0 Å². The quantitative estimate of drug-likeness (QED) is 0.747. The van der Waals surface area contributed by atoms with Crippen LogP contribution in [-0.4, -0.2) is 6.04 Å². The van der Waals surface area contributed by atoms with Gasteiger partial charge in [-0.25, -0.2) is 4.39 Å². The summed E-state index contributed by atoms with van der Waals surface area (Å²) >= 11 is 0. The van der Waals surface area contributed by atoms with E-state index in [9.17, 15) is 4.39 Å². The van der Waals surface area contributed by atoms with Crippen molar-refractivity contribution in [3.63, 3.8) is 0 Å². The monoisotopic (exact) mass is 285 g/mol. The molecule has 0 heterocycles. The van der Waals surface area contributed by atoms with E-state index in [4.69, 9.17) is 0 Å². The number of hydrogen-bond acceptors (Lipinski definition) is 1. The Morgan fingerprint density at radius 1 is 0.905 bits per heavy atom. The van der Waals surface area contributed by atoms with E-state index < -0.39 is 0 Å². The maximum atomic E-state index is 13.2. The van der Waals surface area contributed by atoms with Gasteiger partial charge in [-0.15, -0.1) is 0 Å². The predicted octanol–water partition coefficient (Wildman–Crippen LogP) is 5.08. The SMILES string of the molecule is CCCC(CC)NC(c1ccccc1)c1ccc(F)cc1. The summed E-state index contributed by atoms with van der Waals surface area (Å²) in [5.41, 5.74) is 2.33. The van der Waals surface area contributed by atoms with Gasteiger partial charge in [0.1, 0.15) is 5.82 Å². The largest absolute Gasteiger partial charge is 0.303 e. The van der Waals surface area contributed by atoms with Crippen LogP contribution in [0.2, 0.25) is 0 Å². The minimum atomic E-state index is -0.189. The molecule has 0 amide bonds. The van der Waals surface area contributed by atoms with Crippen LogP contribution >= 0.6 is 0 Å². The third-order valence-electron chi connectivity index (χ3n) is 3.87. The Bertz CT molecular complexity index is 521. The standard InChI is InChI=1S/C19H24FN/c1-3-8-18(4-2)21-19(15-9-6-5-7-10-15)16-11-13-17(20)14-12-16/h5-7,9-14,18-19,21H,3-4,8H2,1-2H3. The van der Waals surface area contributed by atoms with E-state index in [2.05, 4.69) is 31.3 Å². The third-order valence-corrected chi connectivity index (χ3v) is 3.87. The molecule has 2 atom stereocenters. The zero-order valence-electron chi connectivity index (χ0n) is 12.9. The van der Waals surface area contributed by atoms with Gasteiger partial charge >= 0.3 is 0 Å². The lowest BCUT2D eigenvalue weighted by Crippen LogP contribution is -2.33. The van der Waals surface area contributed by atoms with Gasteiger partial charge in [0.15, 0.2) is 0 Å². The molecule has 2 rings (SSSR count). The first-order chi connectivity index (χ1) is 10.2. The van der Waals surface area contributed by atoms with E-state index in [0.29, 0.717) is 6.04 Å². The molecular formula is C19H24FN. The Balaban J connectivity index is 2.28. The van der Waals surface area contributed by atoms with E-state index in [1.54, 1.807) is 0 Å². The molecule has 0 fully saturated rings. The Kier molecular flexibility index (Phi) is 5.94. The van der Waals surface area contributed by atoms with Crippen molar-refractivity contribution in [3.05, 3.63) is 71.5 Å². The lowest BCUT2D eigenvalue weighted by molar-refractivity contribution is 0.430. The van der Waals surface area contributed by atoms with Gasteiger partial charge in [0.25, 0.3) is 0 Å². The van der Waals surface area contributed by atoms with Crippen LogP contribution in [0.15, 0.2) is 54.6 Å². The van der Waals surface area contributed by atoms with Crippen LogP contribution in [0.3, 0.4) is 0 Å². The molecule has 112 valence electrons. The summed E-state index contributed by atoms with van der Waals surface area (Å²) in [4.78, 5) is 0. The molecule has 1 nitrogen and oxygen atoms in total. The normalized spacial score (nSPS) is 13.9. The Morgan fingerprint density at radius 3 is 2.10 bits per heavy atom. The van der Waals surface area contributed by atoms with Gasteiger partial charge in [0.05, 0.1) is 6.04 Å². The average Bonchev–Trinajstić information content (AvgIpc) is 2.53. The van der Waals surface area contributed by atoms with Gasteiger partial charge in [0.2, 0.25) is 0 Å². The van der Waals surface area contributed by atoms with Crippen LogP contribution in [0.1, 0.15) is 50.3 Å². The van der Waals surface area contributed by atoms with Crippen molar-refractivity contribution in [3.8, 4) is 0 Å². The molecule has 2 unspecified atom stereocenters. The van der Waals surface area contributed by atoms with Gasteiger partial charge in [-0.2, -0.15) is 0 Å². The highest BCUT2D eigenvalue weighted by atomic mass is 19.1. The van der Waals surface area contributed by atoms with Crippen LogP contribution in [-0.2, 0) is 0 Å².